The van der Waals surface area contributed by atoms with Crippen LogP contribution in [0.25, 0.3) is 0 Å². The van der Waals surface area contributed by atoms with Crippen molar-refractivity contribution in [3.05, 3.63) is 53.7 Å². The summed E-state index contributed by atoms with van der Waals surface area (Å²) < 4.78 is 27.3. The predicted octanol–water partition coefficient (Wildman–Crippen LogP) is 0.801. The summed E-state index contributed by atoms with van der Waals surface area (Å²) in [6.45, 7) is 7.28. The van der Waals surface area contributed by atoms with E-state index in [0.29, 0.717) is 0 Å². The van der Waals surface area contributed by atoms with Gasteiger partial charge in [0.2, 0.25) is 15.9 Å². The number of hydrogen-bond donors (Lipinski definition) is 2. The maximum Gasteiger partial charge on any atom is 0.248 e. The third-order valence-electron chi connectivity index (χ3n) is 4.87. The standard InChI is InChI=1S/C19H25N5O3S/c1-2-23-9-11-24(12-10-23)18-8-3-15(13-21-18)14-22-28(26,27)17-6-4-16(5-7-17)19(20)25/h3-8,13,22H,2,9-12,14H2,1H3,(H2,20,25). The molecule has 2 aromatic rings. The van der Waals surface area contributed by atoms with Crippen LogP contribution in [-0.2, 0) is 16.6 Å². The highest BCUT2D eigenvalue weighted by Crippen LogP contribution is 2.15. The van der Waals surface area contributed by atoms with Crippen LogP contribution in [0, 0.1) is 0 Å². The number of nitrogens with one attached hydrogen (secondary N) is 1. The summed E-state index contributed by atoms with van der Waals surface area (Å²) in [5.41, 5.74) is 6.20. The van der Waals surface area contributed by atoms with Gasteiger partial charge in [0.25, 0.3) is 0 Å². The molecule has 1 aromatic carbocycles. The topological polar surface area (TPSA) is 109 Å². The van der Waals surface area contributed by atoms with Crippen LogP contribution >= 0.6 is 0 Å². The third kappa shape index (κ3) is 4.86. The molecule has 1 amide bonds. The third-order valence-corrected chi connectivity index (χ3v) is 6.29. The van der Waals surface area contributed by atoms with E-state index in [0.717, 1.165) is 44.1 Å². The average Bonchev–Trinajstić information content (AvgIpc) is 2.73. The minimum Gasteiger partial charge on any atom is -0.366 e. The molecule has 2 heterocycles. The van der Waals surface area contributed by atoms with Crippen molar-refractivity contribution in [2.75, 3.05) is 37.6 Å². The number of pyridine rings is 1. The Hall–Kier alpha value is -2.49. The van der Waals surface area contributed by atoms with E-state index in [1.807, 2.05) is 12.1 Å². The van der Waals surface area contributed by atoms with E-state index in [9.17, 15) is 13.2 Å². The number of piperazine rings is 1. The van der Waals surface area contributed by atoms with E-state index in [-0.39, 0.29) is 17.0 Å². The van der Waals surface area contributed by atoms with Gasteiger partial charge in [-0.05, 0) is 42.4 Å². The molecule has 0 bridgehead atoms. The number of amides is 1. The summed E-state index contributed by atoms with van der Waals surface area (Å²) in [4.78, 5) is 20.3. The summed E-state index contributed by atoms with van der Waals surface area (Å²) >= 11 is 0. The van der Waals surface area contributed by atoms with Crippen molar-refractivity contribution in [1.82, 2.24) is 14.6 Å². The lowest BCUT2D eigenvalue weighted by atomic mass is 10.2. The van der Waals surface area contributed by atoms with Gasteiger partial charge in [-0.15, -0.1) is 0 Å². The van der Waals surface area contributed by atoms with Gasteiger partial charge in [0.1, 0.15) is 5.82 Å². The van der Waals surface area contributed by atoms with Crippen LogP contribution in [0.5, 0.6) is 0 Å². The molecule has 150 valence electrons. The number of hydrogen-bond acceptors (Lipinski definition) is 6. The van der Waals surface area contributed by atoms with Gasteiger partial charge in [-0.1, -0.05) is 13.0 Å². The van der Waals surface area contributed by atoms with Crippen LogP contribution < -0.4 is 15.4 Å². The number of sulfonamides is 1. The summed E-state index contributed by atoms with van der Waals surface area (Å²) in [5, 5.41) is 0. The van der Waals surface area contributed by atoms with E-state index in [2.05, 4.69) is 26.4 Å². The van der Waals surface area contributed by atoms with Crippen molar-refractivity contribution in [1.29, 1.82) is 0 Å². The average molecular weight is 404 g/mol. The maximum atomic E-state index is 12.4. The van der Waals surface area contributed by atoms with Crippen LogP contribution in [0.2, 0.25) is 0 Å². The van der Waals surface area contributed by atoms with Gasteiger partial charge in [0, 0.05) is 44.5 Å². The Labute approximate surface area is 165 Å². The lowest BCUT2D eigenvalue weighted by Gasteiger charge is -2.34. The number of nitrogens with two attached hydrogens (primary N) is 1. The highest BCUT2D eigenvalue weighted by molar-refractivity contribution is 7.89. The number of carbonyl (C=O) groups excluding carboxylic acids is 1. The number of likely N-dealkylation sites (N-methyl/N-ethyl adjacent to an activating group) is 1. The Morgan fingerprint density at radius 2 is 1.79 bits per heavy atom. The van der Waals surface area contributed by atoms with E-state index in [1.165, 1.54) is 24.3 Å². The minimum absolute atomic E-state index is 0.0795. The summed E-state index contributed by atoms with van der Waals surface area (Å²) in [7, 11) is -3.69. The van der Waals surface area contributed by atoms with Gasteiger partial charge in [0.15, 0.2) is 0 Å². The van der Waals surface area contributed by atoms with Crippen molar-refractivity contribution < 1.29 is 13.2 Å². The first-order chi connectivity index (χ1) is 13.4. The van der Waals surface area contributed by atoms with Crippen LogP contribution in [0.15, 0.2) is 47.5 Å². The number of aromatic nitrogens is 1. The molecular formula is C19H25N5O3S. The number of benzene rings is 1. The van der Waals surface area contributed by atoms with Crippen molar-refractivity contribution in [2.45, 2.75) is 18.4 Å². The molecule has 3 N–H and O–H groups in total. The molecule has 0 unspecified atom stereocenters. The van der Waals surface area contributed by atoms with Crippen LogP contribution in [0.4, 0.5) is 5.82 Å². The van der Waals surface area contributed by atoms with Crippen molar-refractivity contribution in [3.63, 3.8) is 0 Å². The molecule has 9 heteroatoms. The Balaban J connectivity index is 1.59. The van der Waals surface area contributed by atoms with Gasteiger partial charge < -0.3 is 15.5 Å². The van der Waals surface area contributed by atoms with Gasteiger partial charge in [-0.3, -0.25) is 4.79 Å². The normalized spacial score (nSPS) is 15.5. The first kappa shape index (κ1) is 20.2. The maximum absolute atomic E-state index is 12.4. The first-order valence-corrected chi connectivity index (χ1v) is 10.7. The lowest BCUT2D eigenvalue weighted by molar-refractivity contribution is 0.1000. The number of primary amides is 1. The molecule has 1 fully saturated rings. The van der Waals surface area contributed by atoms with Crippen molar-refractivity contribution >= 4 is 21.7 Å². The number of carbonyl (C=O) groups is 1. The van der Waals surface area contributed by atoms with Gasteiger partial charge in [-0.25, -0.2) is 18.1 Å². The Morgan fingerprint density at radius 1 is 1.11 bits per heavy atom. The predicted molar refractivity (Wildman–Crippen MR) is 108 cm³/mol. The molecule has 1 saturated heterocycles. The smallest absolute Gasteiger partial charge is 0.248 e. The molecular weight excluding hydrogens is 378 g/mol. The second kappa shape index (κ2) is 8.68. The molecule has 0 saturated carbocycles. The second-order valence-electron chi connectivity index (χ2n) is 6.66. The zero-order valence-corrected chi connectivity index (χ0v) is 16.7. The lowest BCUT2D eigenvalue weighted by Crippen LogP contribution is -2.46. The SMILES string of the molecule is CCN1CCN(c2ccc(CNS(=O)(=O)c3ccc(C(N)=O)cc3)cn2)CC1. The van der Waals surface area contributed by atoms with E-state index >= 15 is 0 Å². The fourth-order valence-corrected chi connectivity index (χ4v) is 4.08. The van der Waals surface area contributed by atoms with Gasteiger partial charge >= 0.3 is 0 Å². The molecule has 0 radical (unpaired) electrons. The number of rotatable bonds is 7. The molecule has 0 aliphatic carbocycles. The number of anilines is 1. The first-order valence-electron chi connectivity index (χ1n) is 9.21. The summed E-state index contributed by atoms with van der Waals surface area (Å²) in [6, 6.07) is 9.32. The monoisotopic (exact) mass is 403 g/mol. The zero-order valence-electron chi connectivity index (χ0n) is 15.8. The second-order valence-corrected chi connectivity index (χ2v) is 8.43. The number of nitrogens with zero attached hydrogens (tertiary/aromatic N) is 3. The highest BCUT2D eigenvalue weighted by Gasteiger charge is 2.17. The fourth-order valence-electron chi connectivity index (χ4n) is 3.06. The van der Waals surface area contributed by atoms with Gasteiger partial charge in [-0.2, -0.15) is 0 Å². The van der Waals surface area contributed by atoms with Gasteiger partial charge in [0.05, 0.1) is 4.90 Å². The zero-order chi connectivity index (χ0) is 20.1. The molecule has 0 atom stereocenters. The molecule has 8 nitrogen and oxygen atoms in total. The molecule has 0 spiro atoms. The largest absolute Gasteiger partial charge is 0.366 e. The summed E-state index contributed by atoms with van der Waals surface area (Å²) in [6.07, 6.45) is 1.69. The van der Waals surface area contributed by atoms with E-state index in [1.54, 1.807) is 6.20 Å². The fraction of sp³-hybridized carbons (Fsp3) is 0.368. The van der Waals surface area contributed by atoms with E-state index < -0.39 is 15.9 Å². The molecule has 1 aliphatic heterocycles. The van der Waals surface area contributed by atoms with Crippen molar-refractivity contribution in [3.8, 4) is 0 Å². The molecule has 1 aromatic heterocycles. The van der Waals surface area contributed by atoms with E-state index in [4.69, 9.17) is 5.73 Å². The Bertz CT molecular complexity index is 906. The minimum atomic E-state index is -3.69. The van der Waals surface area contributed by atoms with Crippen LogP contribution in [0.3, 0.4) is 0 Å². The molecule has 3 rings (SSSR count). The van der Waals surface area contributed by atoms with Crippen molar-refractivity contribution in [2.24, 2.45) is 5.73 Å². The summed E-state index contributed by atoms with van der Waals surface area (Å²) in [5.74, 6) is 0.309. The molecule has 28 heavy (non-hydrogen) atoms. The Kier molecular flexibility index (Phi) is 6.28. The molecule has 1 aliphatic rings. The quantitative estimate of drug-likeness (QED) is 0.708. The van der Waals surface area contributed by atoms with Crippen LogP contribution in [0.1, 0.15) is 22.8 Å². The van der Waals surface area contributed by atoms with Crippen LogP contribution in [-0.4, -0.2) is 56.9 Å². The Morgan fingerprint density at radius 3 is 2.32 bits per heavy atom. The highest BCUT2D eigenvalue weighted by atomic mass is 32.2.